The van der Waals surface area contributed by atoms with Crippen molar-refractivity contribution in [2.24, 2.45) is 0 Å². The highest BCUT2D eigenvalue weighted by molar-refractivity contribution is 5.93. The molecule has 28 heavy (non-hydrogen) atoms. The van der Waals surface area contributed by atoms with E-state index in [9.17, 15) is 9.59 Å². The first-order valence-electron chi connectivity index (χ1n) is 9.99. The quantitative estimate of drug-likeness (QED) is 0.795. The molecule has 4 heteroatoms. The summed E-state index contributed by atoms with van der Waals surface area (Å²) >= 11 is 0. The third-order valence-electron chi connectivity index (χ3n) is 5.42. The highest BCUT2D eigenvalue weighted by Crippen LogP contribution is 2.32. The van der Waals surface area contributed by atoms with E-state index >= 15 is 0 Å². The molecule has 0 atom stereocenters. The van der Waals surface area contributed by atoms with Crippen molar-refractivity contribution in [1.82, 2.24) is 4.90 Å². The first-order valence-corrected chi connectivity index (χ1v) is 9.99. The summed E-state index contributed by atoms with van der Waals surface area (Å²) in [6.07, 6.45) is 1.23. The lowest BCUT2D eigenvalue weighted by Crippen LogP contribution is -2.39. The van der Waals surface area contributed by atoms with Crippen LogP contribution in [0.3, 0.4) is 0 Å². The number of fused-ring (bicyclic) bond motifs is 1. The average Bonchev–Trinajstić information content (AvgIpc) is 2.67. The number of rotatable bonds is 4. The maximum absolute atomic E-state index is 12.8. The molecule has 0 saturated heterocycles. The van der Waals surface area contributed by atoms with Crippen LogP contribution < -0.4 is 4.90 Å². The van der Waals surface area contributed by atoms with E-state index < -0.39 is 0 Å². The van der Waals surface area contributed by atoms with Gasteiger partial charge in [0.25, 0.3) is 0 Å². The van der Waals surface area contributed by atoms with E-state index in [0.29, 0.717) is 19.5 Å². The second kappa shape index (κ2) is 8.17. The fourth-order valence-electron chi connectivity index (χ4n) is 3.86. The number of carbonyl (C=O) groups is 2. The van der Waals surface area contributed by atoms with Gasteiger partial charge in [-0.25, -0.2) is 0 Å². The molecule has 1 aliphatic heterocycles. The molecule has 0 spiro atoms. The van der Waals surface area contributed by atoms with Crippen LogP contribution in [0, 0.1) is 0 Å². The summed E-state index contributed by atoms with van der Waals surface area (Å²) in [6, 6.07) is 16.3. The van der Waals surface area contributed by atoms with Gasteiger partial charge in [0, 0.05) is 38.7 Å². The van der Waals surface area contributed by atoms with Gasteiger partial charge in [-0.05, 0) is 34.6 Å². The summed E-state index contributed by atoms with van der Waals surface area (Å²) in [7, 11) is 0. The van der Waals surface area contributed by atoms with E-state index in [4.69, 9.17) is 0 Å². The molecule has 4 nitrogen and oxygen atoms in total. The van der Waals surface area contributed by atoms with Gasteiger partial charge in [0.05, 0.1) is 0 Å². The van der Waals surface area contributed by atoms with Crippen LogP contribution in [0.25, 0.3) is 0 Å². The fraction of sp³-hybridized carbons (Fsp3) is 0.417. The zero-order chi connectivity index (χ0) is 20.3. The Kier molecular flexibility index (Phi) is 5.87. The molecule has 0 radical (unpaired) electrons. The van der Waals surface area contributed by atoms with Crippen LogP contribution in [-0.2, 0) is 28.0 Å². The topological polar surface area (TPSA) is 40.6 Å². The number of hydrogen-bond acceptors (Lipinski definition) is 2. The van der Waals surface area contributed by atoms with E-state index in [1.165, 1.54) is 11.1 Å². The van der Waals surface area contributed by atoms with Crippen molar-refractivity contribution < 1.29 is 9.59 Å². The van der Waals surface area contributed by atoms with Crippen LogP contribution in [0.4, 0.5) is 5.69 Å². The molecule has 0 fully saturated rings. The second-order valence-electron chi connectivity index (χ2n) is 8.52. The Balaban J connectivity index is 1.72. The minimum Gasteiger partial charge on any atom is -0.338 e. The van der Waals surface area contributed by atoms with Crippen molar-refractivity contribution >= 4 is 17.5 Å². The fourth-order valence-corrected chi connectivity index (χ4v) is 3.86. The summed E-state index contributed by atoms with van der Waals surface area (Å²) in [4.78, 5) is 28.9. The Morgan fingerprint density at radius 3 is 2.32 bits per heavy atom. The molecule has 0 saturated carbocycles. The Bertz CT molecular complexity index is 867. The van der Waals surface area contributed by atoms with Gasteiger partial charge in [-0.1, -0.05) is 63.2 Å². The minimum absolute atomic E-state index is 0.0338. The standard InChI is InChI=1S/C24H30N2O2/c1-18(27)26(22-12-8-7-11-21(22)24(2,3)4)16-14-23(28)25-15-13-19-9-5-6-10-20(19)17-25/h5-12H,13-17H2,1-4H3. The van der Waals surface area contributed by atoms with Crippen LogP contribution in [-0.4, -0.2) is 29.8 Å². The zero-order valence-electron chi connectivity index (χ0n) is 17.4. The number of amides is 2. The number of carbonyl (C=O) groups excluding carboxylic acids is 2. The third-order valence-corrected chi connectivity index (χ3v) is 5.42. The maximum Gasteiger partial charge on any atom is 0.224 e. The molecule has 0 N–H and O–H groups in total. The lowest BCUT2D eigenvalue weighted by atomic mass is 9.85. The number of para-hydroxylation sites is 1. The molecule has 3 rings (SSSR count). The molecule has 2 amide bonds. The van der Waals surface area contributed by atoms with E-state index in [1.807, 2.05) is 35.2 Å². The highest BCUT2D eigenvalue weighted by atomic mass is 16.2. The molecular formula is C24H30N2O2. The average molecular weight is 379 g/mol. The van der Waals surface area contributed by atoms with Crippen molar-refractivity contribution in [1.29, 1.82) is 0 Å². The summed E-state index contributed by atoms with van der Waals surface area (Å²) in [5.74, 6) is 0.0717. The van der Waals surface area contributed by atoms with Crippen LogP contribution in [0.5, 0.6) is 0 Å². The van der Waals surface area contributed by atoms with Crippen molar-refractivity contribution in [2.45, 2.75) is 52.5 Å². The summed E-state index contributed by atoms with van der Waals surface area (Å²) in [6.45, 7) is 9.80. The minimum atomic E-state index is -0.0785. The Labute approximate surface area is 168 Å². The highest BCUT2D eigenvalue weighted by Gasteiger charge is 2.25. The molecular weight excluding hydrogens is 348 g/mol. The van der Waals surface area contributed by atoms with Gasteiger partial charge in [0.1, 0.15) is 0 Å². The summed E-state index contributed by atoms with van der Waals surface area (Å²) < 4.78 is 0. The first kappa shape index (κ1) is 20.1. The Morgan fingerprint density at radius 2 is 1.64 bits per heavy atom. The van der Waals surface area contributed by atoms with E-state index in [-0.39, 0.29) is 17.2 Å². The number of nitrogens with zero attached hydrogens (tertiary/aromatic N) is 2. The molecule has 1 heterocycles. The van der Waals surface area contributed by atoms with Crippen molar-refractivity contribution in [3.05, 3.63) is 65.2 Å². The van der Waals surface area contributed by atoms with Gasteiger partial charge < -0.3 is 9.80 Å². The zero-order valence-corrected chi connectivity index (χ0v) is 17.4. The smallest absolute Gasteiger partial charge is 0.224 e. The van der Waals surface area contributed by atoms with Gasteiger partial charge in [-0.15, -0.1) is 0 Å². The third kappa shape index (κ3) is 4.44. The van der Waals surface area contributed by atoms with Gasteiger partial charge in [0.2, 0.25) is 11.8 Å². The van der Waals surface area contributed by atoms with E-state index in [2.05, 4.69) is 39.0 Å². The lowest BCUT2D eigenvalue weighted by Gasteiger charge is -2.31. The van der Waals surface area contributed by atoms with E-state index in [0.717, 1.165) is 24.2 Å². The summed E-state index contributed by atoms with van der Waals surface area (Å²) in [5, 5.41) is 0. The molecule has 0 aromatic heterocycles. The number of benzene rings is 2. The molecule has 1 aliphatic rings. The maximum atomic E-state index is 12.8. The molecule has 2 aromatic rings. The van der Waals surface area contributed by atoms with Gasteiger partial charge in [0.15, 0.2) is 0 Å². The predicted octanol–water partition coefficient (Wildman–Crippen LogP) is 4.31. The van der Waals surface area contributed by atoms with Crippen LogP contribution in [0.1, 0.15) is 50.8 Å². The molecule has 0 bridgehead atoms. The molecule has 0 unspecified atom stereocenters. The van der Waals surface area contributed by atoms with Crippen molar-refractivity contribution in [2.75, 3.05) is 18.0 Å². The normalized spacial score (nSPS) is 13.8. The van der Waals surface area contributed by atoms with Crippen molar-refractivity contribution in [3.63, 3.8) is 0 Å². The molecule has 2 aromatic carbocycles. The SMILES string of the molecule is CC(=O)N(CCC(=O)N1CCc2ccccc2C1)c1ccccc1C(C)(C)C. The van der Waals surface area contributed by atoms with Crippen LogP contribution in [0.2, 0.25) is 0 Å². The van der Waals surface area contributed by atoms with Gasteiger partial charge >= 0.3 is 0 Å². The van der Waals surface area contributed by atoms with Crippen molar-refractivity contribution in [3.8, 4) is 0 Å². The number of anilines is 1. The number of hydrogen-bond donors (Lipinski definition) is 0. The Hall–Kier alpha value is -2.62. The lowest BCUT2D eigenvalue weighted by molar-refractivity contribution is -0.131. The van der Waals surface area contributed by atoms with Crippen LogP contribution in [0.15, 0.2) is 48.5 Å². The summed E-state index contributed by atoms with van der Waals surface area (Å²) in [5.41, 5.74) is 4.49. The largest absolute Gasteiger partial charge is 0.338 e. The monoisotopic (exact) mass is 378 g/mol. The van der Waals surface area contributed by atoms with Gasteiger partial charge in [-0.3, -0.25) is 9.59 Å². The second-order valence-corrected chi connectivity index (χ2v) is 8.52. The predicted molar refractivity (Wildman–Crippen MR) is 113 cm³/mol. The first-order chi connectivity index (χ1) is 13.3. The molecule has 0 aliphatic carbocycles. The van der Waals surface area contributed by atoms with Crippen LogP contribution >= 0.6 is 0 Å². The van der Waals surface area contributed by atoms with Gasteiger partial charge in [-0.2, -0.15) is 0 Å². The Morgan fingerprint density at radius 1 is 1.00 bits per heavy atom. The van der Waals surface area contributed by atoms with E-state index in [1.54, 1.807) is 11.8 Å². The molecule has 148 valence electrons.